The highest BCUT2D eigenvalue weighted by molar-refractivity contribution is 6.32. The molecular formula is C10H15Cl2NO2. The van der Waals surface area contributed by atoms with Gasteiger partial charge in [0.1, 0.15) is 5.75 Å². The van der Waals surface area contributed by atoms with E-state index in [4.69, 9.17) is 17.3 Å². The molecule has 0 aliphatic rings. The van der Waals surface area contributed by atoms with Crippen LogP contribution in [0.5, 0.6) is 5.75 Å². The van der Waals surface area contributed by atoms with Crippen molar-refractivity contribution in [3.63, 3.8) is 0 Å². The molecule has 86 valence electrons. The van der Waals surface area contributed by atoms with Gasteiger partial charge in [-0.05, 0) is 12.5 Å². The molecule has 0 amide bonds. The fourth-order valence-electron chi connectivity index (χ4n) is 1.26. The predicted octanol–water partition coefficient (Wildman–Crippen LogP) is 2.24. The second-order valence-electron chi connectivity index (χ2n) is 3.18. The predicted molar refractivity (Wildman–Crippen MR) is 63.6 cm³/mol. The van der Waals surface area contributed by atoms with Gasteiger partial charge in [-0.1, -0.05) is 30.7 Å². The molecule has 2 atom stereocenters. The fourth-order valence-corrected chi connectivity index (χ4v) is 1.44. The molecule has 0 saturated heterocycles. The standard InChI is InChI=1S/C10H14ClNO2.ClH/c1-2-8(13)9(12)6-4-3-5-7(11)10(6)14;/h3-5,8-9,13-14H,2,12H2,1H3;1H/t8-,9+;/m0./s1. The summed E-state index contributed by atoms with van der Waals surface area (Å²) in [6.45, 7) is 1.83. The van der Waals surface area contributed by atoms with Crippen LogP contribution in [-0.4, -0.2) is 16.3 Å². The Morgan fingerprint density at radius 3 is 2.60 bits per heavy atom. The quantitative estimate of drug-likeness (QED) is 0.772. The molecule has 0 aliphatic heterocycles. The van der Waals surface area contributed by atoms with Gasteiger partial charge in [0.25, 0.3) is 0 Å². The molecule has 0 spiro atoms. The van der Waals surface area contributed by atoms with Crippen molar-refractivity contribution in [2.75, 3.05) is 0 Å². The Morgan fingerprint density at radius 2 is 2.07 bits per heavy atom. The van der Waals surface area contributed by atoms with Gasteiger partial charge < -0.3 is 15.9 Å². The van der Waals surface area contributed by atoms with Crippen LogP contribution in [0.25, 0.3) is 0 Å². The van der Waals surface area contributed by atoms with Gasteiger partial charge in [0.15, 0.2) is 0 Å². The van der Waals surface area contributed by atoms with E-state index in [2.05, 4.69) is 0 Å². The van der Waals surface area contributed by atoms with E-state index in [0.717, 1.165) is 0 Å². The first kappa shape index (κ1) is 14.5. The molecule has 15 heavy (non-hydrogen) atoms. The van der Waals surface area contributed by atoms with Crippen LogP contribution >= 0.6 is 24.0 Å². The number of aromatic hydroxyl groups is 1. The number of phenolic OH excluding ortho intramolecular Hbond substituents is 1. The molecule has 1 rings (SSSR count). The number of benzene rings is 1. The minimum absolute atomic E-state index is 0. The fraction of sp³-hybridized carbons (Fsp3) is 0.400. The summed E-state index contributed by atoms with van der Waals surface area (Å²) >= 11 is 5.72. The minimum atomic E-state index is -0.667. The van der Waals surface area contributed by atoms with Crippen molar-refractivity contribution in [3.05, 3.63) is 28.8 Å². The van der Waals surface area contributed by atoms with E-state index in [0.29, 0.717) is 12.0 Å². The Hall–Kier alpha value is -0.480. The summed E-state index contributed by atoms with van der Waals surface area (Å²) in [5.74, 6) is -0.0471. The Balaban J connectivity index is 0.00000196. The van der Waals surface area contributed by atoms with E-state index in [1.54, 1.807) is 18.2 Å². The van der Waals surface area contributed by atoms with Gasteiger partial charge in [0.2, 0.25) is 0 Å². The van der Waals surface area contributed by atoms with E-state index in [9.17, 15) is 10.2 Å². The summed E-state index contributed by atoms with van der Waals surface area (Å²) in [5, 5.41) is 19.4. The Morgan fingerprint density at radius 1 is 1.47 bits per heavy atom. The Labute approximate surface area is 100 Å². The van der Waals surface area contributed by atoms with E-state index >= 15 is 0 Å². The summed E-state index contributed by atoms with van der Waals surface area (Å²) in [5.41, 5.74) is 6.23. The van der Waals surface area contributed by atoms with Crippen molar-refractivity contribution in [3.8, 4) is 5.75 Å². The third-order valence-corrected chi connectivity index (χ3v) is 2.51. The molecule has 0 heterocycles. The third-order valence-electron chi connectivity index (χ3n) is 2.21. The molecule has 1 aromatic rings. The van der Waals surface area contributed by atoms with Crippen LogP contribution in [0.3, 0.4) is 0 Å². The second-order valence-corrected chi connectivity index (χ2v) is 3.59. The normalized spacial score (nSPS) is 14.1. The molecule has 0 fully saturated rings. The molecule has 0 radical (unpaired) electrons. The molecule has 0 aromatic heterocycles. The zero-order chi connectivity index (χ0) is 10.7. The summed E-state index contributed by atoms with van der Waals surface area (Å²) in [6.07, 6.45) is -0.132. The van der Waals surface area contributed by atoms with Crippen molar-refractivity contribution in [1.29, 1.82) is 0 Å². The number of nitrogens with two attached hydrogens (primary N) is 1. The molecule has 3 nitrogen and oxygen atoms in total. The van der Waals surface area contributed by atoms with Gasteiger partial charge in [-0.2, -0.15) is 0 Å². The summed E-state index contributed by atoms with van der Waals surface area (Å²) in [6, 6.07) is 4.33. The third kappa shape index (κ3) is 3.24. The first-order valence-corrected chi connectivity index (χ1v) is 4.86. The topological polar surface area (TPSA) is 66.5 Å². The maximum atomic E-state index is 9.59. The van der Waals surface area contributed by atoms with Gasteiger partial charge in [-0.3, -0.25) is 0 Å². The largest absolute Gasteiger partial charge is 0.506 e. The van der Waals surface area contributed by atoms with Gasteiger partial charge in [0.05, 0.1) is 17.2 Å². The Kier molecular flexibility index (Phi) is 5.98. The molecular weight excluding hydrogens is 237 g/mol. The molecule has 0 saturated carbocycles. The minimum Gasteiger partial charge on any atom is -0.506 e. The van der Waals surface area contributed by atoms with Gasteiger partial charge in [0, 0.05) is 5.56 Å². The van der Waals surface area contributed by atoms with Crippen LogP contribution in [0.4, 0.5) is 0 Å². The highest BCUT2D eigenvalue weighted by atomic mass is 35.5. The van der Waals surface area contributed by atoms with Crippen molar-refractivity contribution < 1.29 is 10.2 Å². The average molecular weight is 252 g/mol. The van der Waals surface area contributed by atoms with Crippen LogP contribution in [0.1, 0.15) is 24.9 Å². The van der Waals surface area contributed by atoms with Crippen molar-refractivity contribution in [1.82, 2.24) is 0 Å². The van der Waals surface area contributed by atoms with Crippen molar-refractivity contribution in [2.45, 2.75) is 25.5 Å². The molecule has 1 aromatic carbocycles. The average Bonchev–Trinajstić information content (AvgIpc) is 2.20. The Bertz CT molecular complexity index is 320. The number of rotatable bonds is 3. The molecule has 5 heteroatoms. The van der Waals surface area contributed by atoms with Crippen LogP contribution in [0, 0.1) is 0 Å². The lowest BCUT2D eigenvalue weighted by molar-refractivity contribution is 0.139. The first-order valence-electron chi connectivity index (χ1n) is 4.49. The number of para-hydroxylation sites is 1. The van der Waals surface area contributed by atoms with Gasteiger partial charge >= 0.3 is 0 Å². The molecule has 4 N–H and O–H groups in total. The zero-order valence-corrected chi connectivity index (χ0v) is 9.92. The lowest BCUT2D eigenvalue weighted by Gasteiger charge is -2.18. The van der Waals surface area contributed by atoms with Crippen LogP contribution in [0.15, 0.2) is 18.2 Å². The second kappa shape index (κ2) is 6.18. The SMILES string of the molecule is CC[C@H](O)[C@H](N)c1cccc(Cl)c1O.Cl. The number of hydrogen-bond acceptors (Lipinski definition) is 3. The lowest BCUT2D eigenvalue weighted by Crippen LogP contribution is -2.25. The maximum absolute atomic E-state index is 9.59. The number of hydrogen-bond donors (Lipinski definition) is 3. The summed E-state index contributed by atoms with van der Waals surface area (Å²) < 4.78 is 0. The van der Waals surface area contributed by atoms with Crippen molar-refractivity contribution in [2.24, 2.45) is 5.73 Å². The van der Waals surface area contributed by atoms with Gasteiger partial charge in [-0.25, -0.2) is 0 Å². The molecule has 0 bridgehead atoms. The number of phenols is 1. The lowest BCUT2D eigenvalue weighted by atomic mass is 10.00. The number of halogens is 2. The van der Waals surface area contributed by atoms with Gasteiger partial charge in [-0.15, -0.1) is 12.4 Å². The smallest absolute Gasteiger partial charge is 0.139 e. The van der Waals surface area contributed by atoms with E-state index in [-0.39, 0.29) is 23.2 Å². The van der Waals surface area contributed by atoms with Crippen molar-refractivity contribution >= 4 is 24.0 Å². The maximum Gasteiger partial charge on any atom is 0.139 e. The number of aliphatic hydroxyl groups is 1. The summed E-state index contributed by atoms with van der Waals surface area (Å²) in [7, 11) is 0. The van der Waals surface area contributed by atoms with E-state index in [1.807, 2.05) is 6.92 Å². The number of aliphatic hydroxyl groups excluding tert-OH is 1. The molecule has 0 unspecified atom stereocenters. The van der Waals surface area contributed by atoms with Crippen LogP contribution in [-0.2, 0) is 0 Å². The zero-order valence-electron chi connectivity index (χ0n) is 8.35. The summed E-state index contributed by atoms with van der Waals surface area (Å²) in [4.78, 5) is 0. The van der Waals surface area contributed by atoms with E-state index < -0.39 is 12.1 Å². The monoisotopic (exact) mass is 251 g/mol. The molecule has 0 aliphatic carbocycles. The highest BCUT2D eigenvalue weighted by Crippen LogP contribution is 2.32. The van der Waals surface area contributed by atoms with Crippen LogP contribution < -0.4 is 5.73 Å². The first-order chi connectivity index (χ1) is 6.57. The highest BCUT2D eigenvalue weighted by Gasteiger charge is 2.19. The van der Waals surface area contributed by atoms with Crippen LogP contribution in [0.2, 0.25) is 5.02 Å². The van der Waals surface area contributed by atoms with E-state index in [1.165, 1.54) is 0 Å².